The van der Waals surface area contributed by atoms with Crippen LogP contribution in [0.25, 0.3) is 0 Å². The van der Waals surface area contributed by atoms with Crippen molar-refractivity contribution in [1.82, 2.24) is 5.32 Å². The second kappa shape index (κ2) is 11.4. The maximum absolute atomic E-state index is 12.6. The van der Waals surface area contributed by atoms with Gasteiger partial charge in [0.15, 0.2) is 6.61 Å². The highest BCUT2D eigenvalue weighted by molar-refractivity contribution is 5.99. The summed E-state index contributed by atoms with van der Waals surface area (Å²) in [5.74, 6) is -1.58. The first-order chi connectivity index (χ1) is 14.8. The van der Waals surface area contributed by atoms with Crippen LogP contribution in [0.5, 0.6) is 5.75 Å². The van der Waals surface area contributed by atoms with Crippen LogP contribution in [0, 0.1) is 17.2 Å². The molecule has 0 unspecified atom stereocenters. The predicted octanol–water partition coefficient (Wildman–Crippen LogP) is 2.70. The Balaban J connectivity index is 1.93. The zero-order valence-corrected chi connectivity index (χ0v) is 17.7. The summed E-state index contributed by atoms with van der Waals surface area (Å²) in [4.78, 5) is 37.2. The van der Waals surface area contributed by atoms with Crippen LogP contribution in [0.4, 0.5) is 5.69 Å². The Labute approximate surface area is 181 Å². The Bertz CT molecular complexity index is 964. The normalized spacial score (nSPS) is 11.2. The molecule has 0 spiro atoms. The van der Waals surface area contributed by atoms with Crippen LogP contribution in [0.1, 0.15) is 29.8 Å². The summed E-state index contributed by atoms with van der Waals surface area (Å²) < 4.78 is 10.3. The molecule has 8 nitrogen and oxygen atoms in total. The molecular formula is C23H25N3O5. The minimum absolute atomic E-state index is 0.262. The first kappa shape index (κ1) is 23.4. The van der Waals surface area contributed by atoms with E-state index < -0.39 is 30.4 Å². The van der Waals surface area contributed by atoms with E-state index in [0.717, 1.165) is 5.56 Å². The van der Waals surface area contributed by atoms with Crippen LogP contribution in [0.15, 0.2) is 48.5 Å². The van der Waals surface area contributed by atoms with E-state index in [9.17, 15) is 14.4 Å². The lowest BCUT2D eigenvalue weighted by atomic mass is 10.0. The predicted molar refractivity (Wildman–Crippen MR) is 114 cm³/mol. The van der Waals surface area contributed by atoms with Crippen molar-refractivity contribution in [1.29, 1.82) is 5.26 Å². The second-order valence-corrected chi connectivity index (χ2v) is 7.08. The Hall–Kier alpha value is -3.86. The van der Waals surface area contributed by atoms with Gasteiger partial charge >= 0.3 is 5.97 Å². The van der Waals surface area contributed by atoms with E-state index in [2.05, 4.69) is 10.6 Å². The van der Waals surface area contributed by atoms with E-state index in [0.29, 0.717) is 17.0 Å². The molecule has 2 amide bonds. The highest BCUT2D eigenvalue weighted by Crippen LogP contribution is 2.18. The molecule has 0 bridgehead atoms. The molecule has 2 rings (SSSR count). The summed E-state index contributed by atoms with van der Waals surface area (Å²) in [5.41, 5.74) is 1.64. The number of ether oxygens (including phenoxy) is 2. The van der Waals surface area contributed by atoms with Gasteiger partial charge in [-0.25, -0.2) is 4.79 Å². The highest BCUT2D eigenvalue weighted by Gasteiger charge is 2.27. The first-order valence-electron chi connectivity index (χ1n) is 9.72. The van der Waals surface area contributed by atoms with Crippen LogP contribution >= 0.6 is 0 Å². The molecule has 0 aliphatic rings. The number of rotatable bonds is 9. The van der Waals surface area contributed by atoms with Crippen molar-refractivity contribution in [2.24, 2.45) is 5.92 Å². The van der Waals surface area contributed by atoms with Crippen molar-refractivity contribution in [3.63, 3.8) is 0 Å². The molecular weight excluding hydrogens is 398 g/mol. The molecule has 31 heavy (non-hydrogen) atoms. The van der Waals surface area contributed by atoms with Crippen molar-refractivity contribution >= 4 is 23.5 Å². The molecule has 0 heterocycles. The zero-order chi connectivity index (χ0) is 22.8. The standard InChI is InChI=1S/C23H25N3O5/c1-15(2)21(26-22(28)18-6-4-5-7-19(18)30-3)23(29)31-14-20(27)25-17-10-8-16(9-11-17)12-13-24/h4-11,15,21H,12,14H2,1-3H3,(H,25,27)(H,26,28)/t21-/m0/s1. The number of anilines is 1. The summed E-state index contributed by atoms with van der Waals surface area (Å²) in [6.07, 6.45) is 0.281. The number of benzene rings is 2. The molecule has 0 saturated heterocycles. The van der Waals surface area contributed by atoms with Gasteiger partial charge in [0.2, 0.25) is 0 Å². The molecule has 2 aromatic carbocycles. The number of amides is 2. The average molecular weight is 423 g/mol. The first-order valence-corrected chi connectivity index (χ1v) is 9.72. The van der Waals surface area contributed by atoms with E-state index in [1.807, 2.05) is 6.07 Å². The van der Waals surface area contributed by atoms with E-state index in [1.165, 1.54) is 7.11 Å². The lowest BCUT2D eigenvalue weighted by Crippen LogP contribution is -2.46. The van der Waals surface area contributed by atoms with E-state index in [1.54, 1.807) is 62.4 Å². The van der Waals surface area contributed by atoms with Gasteiger partial charge in [-0.15, -0.1) is 0 Å². The molecule has 0 aliphatic heterocycles. The molecule has 2 aromatic rings. The van der Waals surface area contributed by atoms with Gasteiger partial charge in [-0.1, -0.05) is 38.1 Å². The number of carbonyl (C=O) groups is 3. The van der Waals surface area contributed by atoms with Crippen LogP contribution in [-0.2, 0) is 20.7 Å². The topological polar surface area (TPSA) is 118 Å². The Morgan fingerprint density at radius 1 is 1.06 bits per heavy atom. The molecule has 2 N–H and O–H groups in total. The fourth-order valence-corrected chi connectivity index (χ4v) is 2.77. The third-order valence-electron chi connectivity index (χ3n) is 4.43. The number of esters is 1. The third-order valence-corrected chi connectivity index (χ3v) is 4.43. The maximum Gasteiger partial charge on any atom is 0.329 e. The molecule has 0 fully saturated rings. The van der Waals surface area contributed by atoms with Gasteiger partial charge in [-0.05, 0) is 35.7 Å². The van der Waals surface area contributed by atoms with Gasteiger partial charge in [-0.2, -0.15) is 5.26 Å². The average Bonchev–Trinajstić information content (AvgIpc) is 2.77. The van der Waals surface area contributed by atoms with E-state index >= 15 is 0 Å². The molecule has 8 heteroatoms. The summed E-state index contributed by atoms with van der Waals surface area (Å²) in [6, 6.07) is 14.6. The van der Waals surface area contributed by atoms with Crippen LogP contribution in [-0.4, -0.2) is 37.5 Å². The zero-order valence-electron chi connectivity index (χ0n) is 17.7. The van der Waals surface area contributed by atoms with Crippen molar-refractivity contribution in [2.45, 2.75) is 26.3 Å². The number of carbonyl (C=O) groups excluding carboxylic acids is 3. The SMILES string of the molecule is COc1ccccc1C(=O)N[C@H](C(=O)OCC(=O)Nc1ccc(CC#N)cc1)C(C)C. The van der Waals surface area contributed by atoms with Crippen molar-refractivity contribution in [2.75, 3.05) is 19.0 Å². The molecule has 0 radical (unpaired) electrons. The minimum atomic E-state index is -0.935. The van der Waals surface area contributed by atoms with E-state index in [-0.39, 0.29) is 12.3 Å². The van der Waals surface area contributed by atoms with Gasteiger partial charge in [-0.3, -0.25) is 9.59 Å². The van der Waals surface area contributed by atoms with E-state index in [4.69, 9.17) is 14.7 Å². The molecule has 0 saturated carbocycles. The van der Waals surface area contributed by atoms with Gasteiger partial charge in [0, 0.05) is 5.69 Å². The monoisotopic (exact) mass is 423 g/mol. The summed E-state index contributed by atoms with van der Waals surface area (Å²) in [7, 11) is 1.45. The van der Waals surface area contributed by atoms with Crippen LogP contribution < -0.4 is 15.4 Å². The molecule has 0 aromatic heterocycles. The van der Waals surface area contributed by atoms with Crippen molar-refractivity contribution in [3.05, 3.63) is 59.7 Å². The number of nitrogens with zero attached hydrogens (tertiary/aromatic N) is 1. The van der Waals surface area contributed by atoms with Gasteiger partial charge < -0.3 is 20.1 Å². The third kappa shape index (κ3) is 6.85. The number of hydrogen-bond acceptors (Lipinski definition) is 6. The van der Waals surface area contributed by atoms with Crippen LogP contribution in [0.2, 0.25) is 0 Å². The minimum Gasteiger partial charge on any atom is -0.496 e. The Kier molecular flexibility index (Phi) is 8.58. The smallest absolute Gasteiger partial charge is 0.329 e. The summed E-state index contributed by atoms with van der Waals surface area (Å²) in [6.45, 7) is 3.03. The van der Waals surface area contributed by atoms with Crippen molar-refractivity contribution < 1.29 is 23.9 Å². The van der Waals surface area contributed by atoms with Gasteiger partial charge in [0.25, 0.3) is 11.8 Å². The summed E-state index contributed by atoms with van der Waals surface area (Å²) in [5, 5.41) is 13.9. The molecule has 1 atom stereocenters. The molecule has 0 aliphatic carbocycles. The number of para-hydroxylation sites is 1. The largest absolute Gasteiger partial charge is 0.496 e. The Morgan fingerprint density at radius 3 is 2.35 bits per heavy atom. The maximum atomic E-state index is 12.6. The second-order valence-electron chi connectivity index (χ2n) is 7.08. The fraction of sp³-hybridized carbons (Fsp3) is 0.304. The molecule has 162 valence electrons. The Morgan fingerprint density at radius 2 is 1.74 bits per heavy atom. The quantitative estimate of drug-likeness (QED) is 0.599. The summed E-state index contributed by atoms with van der Waals surface area (Å²) >= 11 is 0. The van der Waals surface area contributed by atoms with Crippen LogP contribution in [0.3, 0.4) is 0 Å². The highest BCUT2D eigenvalue weighted by atomic mass is 16.5. The lowest BCUT2D eigenvalue weighted by Gasteiger charge is -2.21. The van der Waals surface area contributed by atoms with Gasteiger partial charge in [0.1, 0.15) is 11.8 Å². The number of nitrogens with one attached hydrogen (secondary N) is 2. The number of nitriles is 1. The van der Waals surface area contributed by atoms with Crippen molar-refractivity contribution in [3.8, 4) is 11.8 Å². The lowest BCUT2D eigenvalue weighted by molar-refractivity contribution is -0.150. The number of methoxy groups -OCH3 is 1. The fourth-order valence-electron chi connectivity index (χ4n) is 2.77. The van der Waals surface area contributed by atoms with Gasteiger partial charge in [0.05, 0.1) is 25.2 Å². The number of hydrogen-bond donors (Lipinski definition) is 2.